The van der Waals surface area contributed by atoms with Gasteiger partial charge in [-0.2, -0.15) is 0 Å². The molecule has 0 heterocycles. The Balaban J connectivity index is 3.06. The predicted molar refractivity (Wildman–Crippen MR) is 56.1 cm³/mol. The minimum Gasteiger partial charge on any atom is -0.478 e. The Hall–Kier alpha value is -2.34. The van der Waals surface area contributed by atoms with E-state index in [0.29, 0.717) is 17.4 Å². The van der Waals surface area contributed by atoms with E-state index in [9.17, 15) is 9.59 Å². The molecule has 0 fully saturated rings. The molecule has 0 aromatic heterocycles. The highest BCUT2D eigenvalue weighted by molar-refractivity contribution is 5.86. The molecule has 0 amide bonds. The first kappa shape index (κ1) is 10.7. The number of hydrogen-bond acceptors (Lipinski definition) is 2. The third kappa shape index (κ3) is 3.49. The van der Waals surface area contributed by atoms with Crippen LogP contribution >= 0.6 is 0 Å². The zero-order valence-corrected chi connectivity index (χ0v) is 7.81. The lowest BCUT2D eigenvalue weighted by atomic mass is 10.1. The molecular weight excluding hydrogens is 192 g/mol. The molecule has 15 heavy (non-hydrogen) atoms. The van der Waals surface area contributed by atoms with E-state index < -0.39 is 5.97 Å². The Morgan fingerprint density at radius 2 is 2.07 bits per heavy atom. The van der Waals surface area contributed by atoms with Crippen molar-refractivity contribution < 1.29 is 14.7 Å². The van der Waals surface area contributed by atoms with Crippen LogP contribution in [-0.2, 0) is 9.59 Å². The third-order valence-corrected chi connectivity index (χ3v) is 1.63. The number of aldehydes is 1. The summed E-state index contributed by atoms with van der Waals surface area (Å²) < 4.78 is 0. The van der Waals surface area contributed by atoms with Crippen LogP contribution < -0.4 is 0 Å². The van der Waals surface area contributed by atoms with Crippen molar-refractivity contribution in [1.29, 1.82) is 0 Å². The van der Waals surface area contributed by atoms with Crippen LogP contribution in [0.15, 0.2) is 30.3 Å². The average Bonchev–Trinajstić information content (AvgIpc) is 2.24. The van der Waals surface area contributed by atoms with Gasteiger partial charge in [-0.3, -0.25) is 4.79 Å². The number of carboxylic acid groups (broad SMARTS) is 1. The normalized spacial score (nSPS) is 9.33. The van der Waals surface area contributed by atoms with E-state index in [2.05, 4.69) is 11.8 Å². The largest absolute Gasteiger partial charge is 0.478 e. The van der Waals surface area contributed by atoms with Crippen molar-refractivity contribution in [3.63, 3.8) is 0 Å². The second-order valence-corrected chi connectivity index (χ2v) is 2.65. The van der Waals surface area contributed by atoms with Gasteiger partial charge in [0.05, 0.1) is 0 Å². The van der Waals surface area contributed by atoms with Gasteiger partial charge in [0.15, 0.2) is 6.29 Å². The topological polar surface area (TPSA) is 54.4 Å². The van der Waals surface area contributed by atoms with Crippen molar-refractivity contribution in [3.8, 4) is 11.8 Å². The van der Waals surface area contributed by atoms with Crippen molar-refractivity contribution in [3.05, 3.63) is 41.5 Å². The third-order valence-electron chi connectivity index (χ3n) is 1.63. The van der Waals surface area contributed by atoms with Crippen molar-refractivity contribution in [1.82, 2.24) is 0 Å². The van der Waals surface area contributed by atoms with E-state index >= 15 is 0 Å². The molecule has 0 aliphatic heterocycles. The standard InChI is InChI=1S/C12H8O3/c13-9-3-6-10-4-1-2-5-11(10)7-8-12(14)15/h1-2,4-5,7-9H,(H,14,15)/b8-7+. The maximum atomic E-state index is 10.3. The Labute approximate surface area is 87.0 Å². The molecule has 0 saturated carbocycles. The Kier molecular flexibility index (Phi) is 3.87. The number of aliphatic carboxylic acids is 1. The summed E-state index contributed by atoms with van der Waals surface area (Å²) >= 11 is 0. The molecule has 0 bridgehead atoms. The van der Waals surface area contributed by atoms with Gasteiger partial charge in [0, 0.05) is 11.6 Å². The Morgan fingerprint density at radius 1 is 1.33 bits per heavy atom. The van der Waals surface area contributed by atoms with Gasteiger partial charge < -0.3 is 5.11 Å². The average molecular weight is 200 g/mol. The summed E-state index contributed by atoms with van der Waals surface area (Å²) in [5, 5.41) is 8.46. The lowest BCUT2D eigenvalue weighted by Gasteiger charge is -1.96. The predicted octanol–water partition coefficient (Wildman–Crippen LogP) is 1.33. The van der Waals surface area contributed by atoms with Gasteiger partial charge in [0.1, 0.15) is 0 Å². The molecule has 3 heteroatoms. The number of benzene rings is 1. The molecule has 0 aliphatic carbocycles. The summed E-state index contributed by atoms with van der Waals surface area (Å²) in [6, 6.07) is 6.99. The van der Waals surface area contributed by atoms with E-state index in [1.807, 2.05) is 0 Å². The minimum atomic E-state index is -1.02. The first-order chi connectivity index (χ1) is 7.24. The van der Waals surface area contributed by atoms with E-state index in [1.165, 1.54) is 6.08 Å². The quantitative estimate of drug-likeness (QED) is 0.445. The molecule has 1 rings (SSSR count). The number of carbonyl (C=O) groups excluding carboxylic acids is 1. The Morgan fingerprint density at radius 3 is 2.73 bits per heavy atom. The molecule has 0 atom stereocenters. The first-order valence-electron chi connectivity index (χ1n) is 4.19. The monoisotopic (exact) mass is 200 g/mol. The van der Waals surface area contributed by atoms with Crippen LogP contribution in [-0.4, -0.2) is 17.4 Å². The van der Waals surface area contributed by atoms with Crippen LogP contribution in [0, 0.1) is 11.8 Å². The summed E-state index contributed by atoms with van der Waals surface area (Å²) in [5.41, 5.74) is 1.30. The smallest absolute Gasteiger partial charge is 0.328 e. The zero-order chi connectivity index (χ0) is 11.1. The zero-order valence-electron chi connectivity index (χ0n) is 7.81. The lowest BCUT2D eigenvalue weighted by Crippen LogP contribution is -1.87. The van der Waals surface area contributed by atoms with Crippen molar-refractivity contribution in [2.45, 2.75) is 0 Å². The van der Waals surface area contributed by atoms with Crippen molar-refractivity contribution >= 4 is 18.3 Å². The molecule has 0 unspecified atom stereocenters. The first-order valence-corrected chi connectivity index (χ1v) is 4.19. The second kappa shape index (κ2) is 5.40. The van der Waals surface area contributed by atoms with E-state index in [4.69, 9.17) is 5.11 Å². The highest BCUT2D eigenvalue weighted by atomic mass is 16.4. The summed E-state index contributed by atoms with van der Waals surface area (Å²) in [7, 11) is 0. The number of carboxylic acids is 1. The fraction of sp³-hybridized carbons (Fsp3) is 0. The maximum Gasteiger partial charge on any atom is 0.328 e. The highest BCUT2D eigenvalue weighted by Crippen LogP contribution is 2.08. The molecule has 1 aromatic carbocycles. The lowest BCUT2D eigenvalue weighted by molar-refractivity contribution is -0.131. The molecule has 0 spiro atoms. The molecule has 1 aromatic rings. The van der Waals surface area contributed by atoms with Gasteiger partial charge in [-0.15, -0.1) is 0 Å². The Bertz CT molecular complexity index is 461. The maximum absolute atomic E-state index is 10.3. The van der Waals surface area contributed by atoms with Crippen LogP contribution in [0.2, 0.25) is 0 Å². The van der Waals surface area contributed by atoms with Crippen LogP contribution in [0.1, 0.15) is 11.1 Å². The molecule has 3 nitrogen and oxygen atoms in total. The molecule has 74 valence electrons. The van der Waals surface area contributed by atoms with Gasteiger partial charge in [-0.25, -0.2) is 4.79 Å². The SMILES string of the molecule is O=CC#Cc1ccccc1/C=C/C(=O)O. The van der Waals surface area contributed by atoms with Gasteiger partial charge in [0.2, 0.25) is 0 Å². The summed E-state index contributed by atoms with van der Waals surface area (Å²) in [6.07, 6.45) is 2.97. The van der Waals surface area contributed by atoms with Gasteiger partial charge >= 0.3 is 5.97 Å². The van der Waals surface area contributed by atoms with E-state index in [-0.39, 0.29) is 0 Å². The second-order valence-electron chi connectivity index (χ2n) is 2.65. The minimum absolute atomic E-state index is 0.498. The molecule has 0 saturated heterocycles. The van der Waals surface area contributed by atoms with Crippen LogP contribution in [0.5, 0.6) is 0 Å². The summed E-state index contributed by atoms with van der Waals surface area (Å²) in [6.45, 7) is 0. The molecular formula is C12H8O3. The summed E-state index contributed by atoms with van der Waals surface area (Å²) in [4.78, 5) is 20.4. The van der Waals surface area contributed by atoms with E-state index in [0.717, 1.165) is 6.08 Å². The van der Waals surface area contributed by atoms with E-state index in [1.54, 1.807) is 24.3 Å². The molecule has 0 radical (unpaired) electrons. The summed E-state index contributed by atoms with van der Waals surface area (Å²) in [5.74, 6) is 3.88. The van der Waals surface area contributed by atoms with Gasteiger partial charge in [-0.1, -0.05) is 24.1 Å². The van der Waals surface area contributed by atoms with Gasteiger partial charge in [0.25, 0.3) is 0 Å². The fourth-order valence-corrected chi connectivity index (χ4v) is 1.02. The van der Waals surface area contributed by atoms with Crippen molar-refractivity contribution in [2.75, 3.05) is 0 Å². The number of carbonyl (C=O) groups is 2. The molecule has 0 aliphatic rings. The van der Waals surface area contributed by atoms with Crippen LogP contribution in [0.25, 0.3) is 6.08 Å². The van der Waals surface area contributed by atoms with Crippen molar-refractivity contribution in [2.24, 2.45) is 0 Å². The number of hydrogen-bond donors (Lipinski definition) is 1. The van der Waals surface area contributed by atoms with Crippen LogP contribution in [0.3, 0.4) is 0 Å². The molecule has 1 N–H and O–H groups in total. The highest BCUT2D eigenvalue weighted by Gasteiger charge is 1.95. The van der Waals surface area contributed by atoms with Gasteiger partial charge in [-0.05, 0) is 23.6 Å². The van der Waals surface area contributed by atoms with Crippen LogP contribution in [0.4, 0.5) is 0 Å². The fourth-order valence-electron chi connectivity index (χ4n) is 1.02. The number of rotatable bonds is 2.